The van der Waals surface area contributed by atoms with Crippen molar-refractivity contribution in [1.82, 2.24) is 10.2 Å². The minimum Gasteiger partial charge on any atom is -0.338 e. The van der Waals surface area contributed by atoms with Gasteiger partial charge in [0.2, 0.25) is 0 Å². The summed E-state index contributed by atoms with van der Waals surface area (Å²) in [6, 6.07) is 11.9. The fourth-order valence-electron chi connectivity index (χ4n) is 4.73. The molecule has 1 aliphatic carbocycles. The lowest BCUT2D eigenvalue weighted by molar-refractivity contribution is 0.101. The fraction of sp³-hybridized carbons (Fsp3) is 0.417. The van der Waals surface area contributed by atoms with Gasteiger partial charge in [0, 0.05) is 30.9 Å². The lowest BCUT2D eigenvalue weighted by Crippen LogP contribution is -2.32. The van der Waals surface area contributed by atoms with Crippen molar-refractivity contribution >= 4 is 17.5 Å². The second-order valence-electron chi connectivity index (χ2n) is 8.47. The molecule has 2 unspecified atom stereocenters. The zero-order chi connectivity index (χ0) is 21.1. The van der Waals surface area contributed by atoms with Gasteiger partial charge in [-0.15, -0.1) is 0 Å². The summed E-state index contributed by atoms with van der Waals surface area (Å²) in [7, 11) is 0. The highest BCUT2D eigenvalue weighted by Crippen LogP contribution is 2.35. The largest absolute Gasteiger partial charge is 0.338 e. The van der Waals surface area contributed by atoms with Crippen LogP contribution in [-0.2, 0) is 12.8 Å². The van der Waals surface area contributed by atoms with Crippen LogP contribution < -0.4 is 10.6 Å². The SMILES string of the molecule is CC(=O)c1cccc(NC(=O)NCCCN2CC3Cc4ccc(F)cc4CC3C2)c1. The van der Waals surface area contributed by atoms with Crippen molar-refractivity contribution in [2.24, 2.45) is 11.8 Å². The zero-order valence-corrected chi connectivity index (χ0v) is 17.3. The maximum atomic E-state index is 13.5. The molecule has 2 aromatic rings. The van der Waals surface area contributed by atoms with Gasteiger partial charge < -0.3 is 15.5 Å². The van der Waals surface area contributed by atoms with Gasteiger partial charge in [-0.2, -0.15) is 0 Å². The highest BCUT2D eigenvalue weighted by molar-refractivity contribution is 5.96. The van der Waals surface area contributed by atoms with Crippen LogP contribution in [0.5, 0.6) is 0 Å². The Morgan fingerprint density at radius 1 is 1.07 bits per heavy atom. The van der Waals surface area contributed by atoms with Gasteiger partial charge in [0.05, 0.1) is 0 Å². The second kappa shape index (κ2) is 8.96. The van der Waals surface area contributed by atoms with E-state index in [0.29, 0.717) is 29.6 Å². The minimum absolute atomic E-state index is 0.0292. The van der Waals surface area contributed by atoms with E-state index in [1.54, 1.807) is 36.4 Å². The van der Waals surface area contributed by atoms with Crippen LogP contribution in [0.4, 0.5) is 14.9 Å². The number of amides is 2. The van der Waals surface area contributed by atoms with Crippen molar-refractivity contribution in [2.45, 2.75) is 26.2 Å². The lowest BCUT2D eigenvalue weighted by Gasteiger charge is -2.26. The standard InChI is InChI=1S/C24H28FN3O2/c1-16(29)17-4-2-5-23(13-17)27-24(30)26-8-3-9-28-14-20-10-18-6-7-22(25)12-19(18)11-21(20)15-28/h2,4-7,12-13,20-21H,3,8-11,14-15H2,1H3,(H2,26,27,30). The molecular formula is C24H28FN3O2. The van der Waals surface area contributed by atoms with E-state index in [4.69, 9.17) is 0 Å². The average molecular weight is 410 g/mol. The summed E-state index contributed by atoms with van der Waals surface area (Å²) in [5.41, 5.74) is 3.66. The van der Waals surface area contributed by atoms with E-state index in [9.17, 15) is 14.0 Å². The average Bonchev–Trinajstić information content (AvgIpc) is 3.11. The summed E-state index contributed by atoms with van der Waals surface area (Å²) in [6.07, 6.45) is 2.88. The third kappa shape index (κ3) is 4.87. The zero-order valence-electron chi connectivity index (χ0n) is 17.3. The van der Waals surface area contributed by atoms with E-state index >= 15 is 0 Å². The lowest BCUT2D eigenvalue weighted by atomic mass is 9.78. The number of rotatable bonds is 6. The Morgan fingerprint density at radius 2 is 1.83 bits per heavy atom. The van der Waals surface area contributed by atoms with Gasteiger partial charge in [-0.05, 0) is 80.0 Å². The van der Waals surface area contributed by atoms with E-state index in [-0.39, 0.29) is 17.6 Å². The quantitative estimate of drug-likeness (QED) is 0.562. The van der Waals surface area contributed by atoms with Crippen molar-refractivity contribution in [3.63, 3.8) is 0 Å². The fourth-order valence-corrected chi connectivity index (χ4v) is 4.73. The Morgan fingerprint density at radius 3 is 2.60 bits per heavy atom. The van der Waals surface area contributed by atoms with E-state index in [1.807, 2.05) is 6.07 Å². The van der Waals surface area contributed by atoms with Gasteiger partial charge in [0.25, 0.3) is 0 Å². The Balaban J connectivity index is 1.18. The van der Waals surface area contributed by atoms with Crippen LogP contribution in [0, 0.1) is 17.7 Å². The number of nitrogens with zero attached hydrogens (tertiary/aromatic N) is 1. The maximum absolute atomic E-state index is 13.5. The number of halogens is 1. The maximum Gasteiger partial charge on any atom is 0.319 e. The Bertz CT molecular complexity index is 946. The van der Waals surface area contributed by atoms with Crippen LogP contribution in [0.2, 0.25) is 0 Å². The van der Waals surface area contributed by atoms with Crippen LogP contribution in [0.25, 0.3) is 0 Å². The number of benzene rings is 2. The first-order chi connectivity index (χ1) is 14.5. The number of fused-ring (bicyclic) bond motifs is 2. The highest BCUT2D eigenvalue weighted by Gasteiger charge is 2.36. The third-order valence-corrected chi connectivity index (χ3v) is 6.25. The Kier molecular flexibility index (Phi) is 6.13. The van der Waals surface area contributed by atoms with E-state index in [1.165, 1.54) is 18.1 Å². The predicted octanol–water partition coefficient (Wildman–Crippen LogP) is 3.89. The second-order valence-corrected chi connectivity index (χ2v) is 8.47. The van der Waals surface area contributed by atoms with Crippen LogP contribution in [0.1, 0.15) is 34.8 Å². The van der Waals surface area contributed by atoms with Gasteiger partial charge >= 0.3 is 6.03 Å². The molecule has 1 heterocycles. The van der Waals surface area contributed by atoms with Gasteiger partial charge in [0.15, 0.2) is 5.78 Å². The molecule has 2 aromatic carbocycles. The number of carbonyl (C=O) groups is 2. The topological polar surface area (TPSA) is 61.4 Å². The number of anilines is 1. The molecule has 4 rings (SSSR count). The monoisotopic (exact) mass is 409 g/mol. The van der Waals surface area contributed by atoms with E-state index in [2.05, 4.69) is 15.5 Å². The summed E-state index contributed by atoms with van der Waals surface area (Å²) in [5.74, 6) is 1.08. The van der Waals surface area contributed by atoms with Crippen LogP contribution in [0.15, 0.2) is 42.5 Å². The van der Waals surface area contributed by atoms with Crippen LogP contribution in [0.3, 0.4) is 0 Å². The van der Waals surface area contributed by atoms with Gasteiger partial charge in [0.1, 0.15) is 5.82 Å². The number of ketones is 1. The summed E-state index contributed by atoms with van der Waals surface area (Å²) in [6.45, 7) is 5.16. The molecule has 1 saturated heterocycles. The summed E-state index contributed by atoms with van der Waals surface area (Å²) >= 11 is 0. The molecule has 0 spiro atoms. The molecule has 2 aliphatic rings. The number of hydrogen-bond donors (Lipinski definition) is 2. The van der Waals surface area contributed by atoms with Crippen molar-refractivity contribution in [1.29, 1.82) is 0 Å². The molecule has 2 amide bonds. The van der Waals surface area contributed by atoms with Gasteiger partial charge in [-0.25, -0.2) is 9.18 Å². The van der Waals surface area contributed by atoms with Crippen molar-refractivity contribution in [3.8, 4) is 0 Å². The number of urea groups is 1. The molecule has 30 heavy (non-hydrogen) atoms. The molecule has 2 N–H and O–H groups in total. The smallest absolute Gasteiger partial charge is 0.319 e. The first-order valence-electron chi connectivity index (χ1n) is 10.6. The first-order valence-corrected chi connectivity index (χ1v) is 10.6. The molecule has 0 radical (unpaired) electrons. The molecular weight excluding hydrogens is 381 g/mol. The van der Waals surface area contributed by atoms with Crippen molar-refractivity contribution in [2.75, 3.05) is 31.5 Å². The predicted molar refractivity (Wildman–Crippen MR) is 115 cm³/mol. The normalized spacial score (nSPS) is 20.3. The number of carbonyl (C=O) groups excluding carboxylic acids is 2. The number of Topliss-reactive ketones (excluding diaryl/α,β-unsaturated/α-hetero) is 1. The van der Waals surface area contributed by atoms with Gasteiger partial charge in [-0.1, -0.05) is 18.2 Å². The highest BCUT2D eigenvalue weighted by atomic mass is 19.1. The summed E-state index contributed by atoms with van der Waals surface area (Å²) < 4.78 is 13.5. The molecule has 0 aromatic heterocycles. The molecule has 2 atom stereocenters. The van der Waals surface area contributed by atoms with Crippen LogP contribution in [-0.4, -0.2) is 42.9 Å². The summed E-state index contributed by atoms with van der Waals surface area (Å²) in [5, 5.41) is 5.66. The number of hydrogen-bond acceptors (Lipinski definition) is 3. The number of nitrogens with one attached hydrogen (secondary N) is 2. The third-order valence-electron chi connectivity index (χ3n) is 6.25. The molecule has 0 saturated carbocycles. The van der Waals surface area contributed by atoms with Gasteiger partial charge in [-0.3, -0.25) is 4.79 Å². The Hall–Kier alpha value is -2.73. The molecule has 1 fully saturated rings. The van der Waals surface area contributed by atoms with E-state index in [0.717, 1.165) is 38.9 Å². The molecule has 6 heteroatoms. The van der Waals surface area contributed by atoms with Crippen molar-refractivity contribution in [3.05, 3.63) is 65.0 Å². The summed E-state index contributed by atoms with van der Waals surface area (Å²) in [4.78, 5) is 26.0. The molecule has 1 aliphatic heterocycles. The van der Waals surface area contributed by atoms with Crippen LogP contribution >= 0.6 is 0 Å². The van der Waals surface area contributed by atoms with Crippen molar-refractivity contribution < 1.29 is 14.0 Å². The molecule has 5 nitrogen and oxygen atoms in total. The first kappa shape index (κ1) is 20.5. The minimum atomic E-state index is -0.261. The van der Waals surface area contributed by atoms with E-state index < -0.39 is 0 Å². The molecule has 0 bridgehead atoms. The number of likely N-dealkylation sites (tertiary alicyclic amines) is 1. The Labute approximate surface area is 176 Å². The molecule has 158 valence electrons.